The Balaban J connectivity index is 1.15. The van der Waals surface area contributed by atoms with E-state index in [1.807, 2.05) is 60.8 Å². The number of amides is 1. The second-order valence-electron chi connectivity index (χ2n) is 7.04. The van der Waals surface area contributed by atoms with Crippen molar-refractivity contribution in [3.8, 4) is 11.5 Å². The van der Waals surface area contributed by atoms with Crippen molar-refractivity contribution >= 4 is 45.6 Å². The van der Waals surface area contributed by atoms with Crippen molar-refractivity contribution in [1.29, 1.82) is 0 Å². The standard InChI is InChI=1S/C24H18N6O2S/c31-22(26-16-10-12-18(13-11-16)28-27-17-6-2-1-3-7-17)15-33-24-30-29-23(32-24)20-14-25-21-9-5-4-8-19(20)21/h1-14,25H,15H2,(H,26,31). The predicted octanol–water partition coefficient (Wildman–Crippen LogP) is 6.36. The number of benzene rings is 3. The van der Waals surface area contributed by atoms with E-state index in [0.29, 0.717) is 22.5 Å². The lowest BCUT2D eigenvalue weighted by molar-refractivity contribution is -0.113. The van der Waals surface area contributed by atoms with E-state index in [0.717, 1.165) is 22.2 Å². The third-order valence-corrected chi connectivity index (χ3v) is 5.56. The van der Waals surface area contributed by atoms with Crippen LogP contribution in [0.2, 0.25) is 0 Å². The van der Waals surface area contributed by atoms with Gasteiger partial charge in [-0.2, -0.15) is 10.2 Å². The highest BCUT2D eigenvalue weighted by Crippen LogP contribution is 2.29. The second kappa shape index (κ2) is 9.49. The van der Waals surface area contributed by atoms with Crippen LogP contribution < -0.4 is 5.32 Å². The summed E-state index contributed by atoms with van der Waals surface area (Å²) in [5.74, 6) is 0.381. The number of fused-ring (bicyclic) bond motifs is 1. The lowest BCUT2D eigenvalue weighted by Gasteiger charge is -2.04. The van der Waals surface area contributed by atoms with Gasteiger partial charge >= 0.3 is 0 Å². The number of carbonyl (C=O) groups excluding carboxylic acids is 1. The number of rotatable bonds is 7. The summed E-state index contributed by atoms with van der Waals surface area (Å²) in [5, 5.41) is 20.7. The molecule has 1 amide bonds. The fraction of sp³-hybridized carbons (Fsp3) is 0.0417. The lowest BCUT2D eigenvalue weighted by atomic mass is 10.2. The van der Waals surface area contributed by atoms with Gasteiger partial charge in [0.05, 0.1) is 22.7 Å². The molecule has 0 aliphatic carbocycles. The number of hydrogen-bond donors (Lipinski definition) is 2. The van der Waals surface area contributed by atoms with Crippen molar-refractivity contribution < 1.29 is 9.21 Å². The van der Waals surface area contributed by atoms with Crippen molar-refractivity contribution in [2.24, 2.45) is 10.2 Å². The molecule has 0 fully saturated rings. The van der Waals surface area contributed by atoms with Gasteiger partial charge < -0.3 is 14.7 Å². The van der Waals surface area contributed by atoms with Crippen LogP contribution in [0.3, 0.4) is 0 Å². The van der Waals surface area contributed by atoms with Crippen molar-refractivity contribution in [2.45, 2.75) is 5.22 Å². The van der Waals surface area contributed by atoms with Gasteiger partial charge in [0, 0.05) is 22.8 Å². The van der Waals surface area contributed by atoms with Crippen LogP contribution in [0.4, 0.5) is 17.1 Å². The molecular formula is C24H18N6O2S. The van der Waals surface area contributed by atoms with Crippen molar-refractivity contribution in [3.63, 3.8) is 0 Å². The topological polar surface area (TPSA) is 109 Å². The molecule has 0 bridgehead atoms. The number of H-pyrrole nitrogens is 1. The third-order valence-electron chi connectivity index (χ3n) is 4.74. The largest absolute Gasteiger partial charge is 0.411 e. The van der Waals surface area contributed by atoms with Gasteiger partial charge in [-0.25, -0.2) is 0 Å². The van der Waals surface area contributed by atoms with Gasteiger partial charge in [-0.15, -0.1) is 10.2 Å². The molecule has 5 aromatic rings. The number of aromatic amines is 1. The summed E-state index contributed by atoms with van der Waals surface area (Å²) in [6.07, 6.45) is 1.84. The fourth-order valence-corrected chi connectivity index (χ4v) is 3.73. The van der Waals surface area contributed by atoms with Gasteiger partial charge in [0.2, 0.25) is 5.91 Å². The summed E-state index contributed by atoms with van der Waals surface area (Å²) >= 11 is 1.18. The molecule has 0 aliphatic heterocycles. The number of anilines is 1. The van der Waals surface area contributed by atoms with Crippen LogP contribution >= 0.6 is 11.8 Å². The van der Waals surface area contributed by atoms with E-state index in [4.69, 9.17) is 4.42 Å². The van der Waals surface area contributed by atoms with E-state index in [-0.39, 0.29) is 11.7 Å². The van der Waals surface area contributed by atoms with E-state index in [9.17, 15) is 4.79 Å². The molecule has 0 aliphatic rings. The summed E-state index contributed by atoms with van der Waals surface area (Å²) in [7, 11) is 0. The molecule has 9 heteroatoms. The number of hydrogen-bond acceptors (Lipinski definition) is 7. The molecule has 5 rings (SSSR count). The molecule has 162 valence electrons. The Hall–Kier alpha value is -4.24. The van der Waals surface area contributed by atoms with Gasteiger partial charge in [-0.05, 0) is 42.5 Å². The minimum Gasteiger partial charge on any atom is -0.411 e. The molecule has 0 saturated heterocycles. The first kappa shape index (κ1) is 20.7. The molecule has 33 heavy (non-hydrogen) atoms. The molecule has 3 aromatic carbocycles. The number of para-hydroxylation sites is 1. The predicted molar refractivity (Wildman–Crippen MR) is 128 cm³/mol. The van der Waals surface area contributed by atoms with Gasteiger partial charge in [0.1, 0.15) is 0 Å². The van der Waals surface area contributed by atoms with Crippen LogP contribution in [0.25, 0.3) is 22.4 Å². The van der Waals surface area contributed by atoms with Crippen LogP contribution in [-0.4, -0.2) is 26.8 Å². The molecule has 0 saturated carbocycles. The summed E-state index contributed by atoms with van der Waals surface area (Å²) in [6.45, 7) is 0. The normalized spacial score (nSPS) is 11.3. The number of carbonyl (C=O) groups is 1. The molecule has 0 radical (unpaired) electrons. The van der Waals surface area contributed by atoms with Gasteiger partial charge in [-0.1, -0.05) is 48.2 Å². The van der Waals surface area contributed by atoms with E-state index in [1.165, 1.54) is 11.8 Å². The maximum Gasteiger partial charge on any atom is 0.277 e. The lowest BCUT2D eigenvalue weighted by Crippen LogP contribution is -2.13. The Morgan fingerprint density at radius 1 is 0.909 bits per heavy atom. The molecular weight excluding hydrogens is 436 g/mol. The average Bonchev–Trinajstić information content (AvgIpc) is 3.50. The monoisotopic (exact) mass is 454 g/mol. The van der Waals surface area contributed by atoms with Crippen LogP contribution in [-0.2, 0) is 4.79 Å². The summed E-state index contributed by atoms with van der Waals surface area (Å²) in [4.78, 5) is 15.5. The molecule has 0 unspecified atom stereocenters. The van der Waals surface area contributed by atoms with Crippen LogP contribution in [0.15, 0.2) is 105 Å². The Labute approximate surface area is 193 Å². The zero-order valence-electron chi connectivity index (χ0n) is 17.3. The minimum atomic E-state index is -0.175. The van der Waals surface area contributed by atoms with Gasteiger partial charge in [0.15, 0.2) is 0 Å². The molecule has 8 nitrogen and oxygen atoms in total. The Morgan fingerprint density at radius 3 is 2.45 bits per heavy atom. The van der Waals surface area contributed by atoms with E-state index >= 15 is 0 Å². The molecule has 2 heterocycles. The Bertz CT molecular complexity index is 1410. The Kier molecular flexibility index (Phi) is 5.94. The maximum absolute atomic E-state index is 12.3. The molecule has 0 spiro atoms. The van der Waals surface area contributed by atoms with Crippen LogP contribution in [0, 0.1) is 0 Å². The fourth-order valence-electron chi connectivity index (χ4n) is 3.17. The highest BCUT2D eigenvalue weighted by Gasteiger charge is 2.14. The zero-order valence-corrected chi connectivity index (χ0v) is 18.1. The van der Waals surface area contributed by atoms with Crippen molar-refractivity contribution in [3.05, 3.63) is 85.1 Å². The minimum absolute atomic E-state index is 0.144. The first-order chi connectivity index (χ1) is 16.2. The first-order valence-electron chi connectivity index (χ1n) is 10.1. The SMILES string of the molecule is O=C(CSc1nnc(-c2c[nH]c3ccccc23)o1)Nc1ccc(N=Nc2ccccc2)cc1. The first-order valence-corrected chi connectivity index (χ1v) is 11.1. The molecule has 0 atom stereocenters. The maximum atomic E-state index is 12.3. The van der Waals surface area contributed by atoms with Gasteiger partial charge in [0.25, 0.3) is 11.1 Å². The quantitative estimate of drug-likeness (QED) is 0.220. The van der Waals surface area contributed by atoms with E-state index in [1.54, 1.807) is 24.3 Å². The second-order valence-corrected chi connectivity index (χ2v) is 7.97. The van der Waals surface area contributed by atoms with Crippen LogP contribution in [0.1, 0.15) is 0 Å². The average molecular weight is 455 g/mol. The van der Waals surface area contributed by atoms with Crippen molar-refractivity contribution in [1.82, 2.24) is 15.2 Å². The molecule has 2 N–H and O–H groups in total. The summed E-state index contributed by atoms with van der Waals surface area (Å²) in [5.41, 5.74) is 3.97. The Morgan fingerprint density at radius 2 is 1.64 bits per heavy atom. The highest BCUT2D eigenvalue weighted by atomic mass is 32.2. The highest BCUT2D eigenvalue weighted by molar-refractivity contribution is 7.99. The van der Waals surface area contributed by atoms with E-state index < -0.39 is 0 Å². The number of nitrogens with one attached hydrogen (secondary N) is 2. The van der Waals surface area contributed by atoms with Gasteiger partial charge in [-0.3, -0.25) is 4.79 Å². The third kappa shape index (κ3) is 4.99. The van der Waals surface area contributed by atoms with Crippen LogP contribution in [0.5, 0.6) is 0 Å². The summed E-state index contributed by atoms with van der Waals surface area (Å²) < 4.78 is 5.73. The van der Waals surface area contributed by atoms with Crippen molar-refractivity contribution in [2.75, 3.05) is 11.1 Å². The zero-order chi connectivity index (χ0) is 22.5. The number of azo groups is 1. The molecule has 2 aromatic heterocycles. The van der Waals surface area contributed by atoms with E-state index in [2.05, 4.69) is 30.7 Å². The smallest absolute Gasteiger partial charge is 0.277 e. The number of nitrogens with zero attached hydrogens (tertiary/aromatic N) is 4. The number of thioether (sulfide) groups is 1. The summed E-state index contributed by atoms with van der Waals surface area (Å²) in [6, 6.07) is 24.5. The number of aromatic nitrogens is 3.